The fourth-order valence-corrected chi connectivity index (χ4v) is 2.48. The number of hydrogen-bond acceptors (Lipinski definition) is 3. The van der Waals surface area contributed by atoms with Crippen LogP contribution in [0.25, 0.3) is 5.65 Å². The molecule has 0 amide bonds. The fraction of sp³-hybridized carbons (Fsp3) is 0.462. The first-order valence-electron chi connectivity index (χ1n) is 6.55. The maximum atomic E-state index is 12.9. The largest absolute Gasteiger partial charge is 0.417 e. The Bertz CT molecular complexity index is 599. The van der Waals surface area contributed by atoms with E-state index in [2.05, 4.69) is 15.6 Å². The summed E-state index contributed by atoms with van der Waals surface area (Å²) < 4.78 is 40.1. The van der Waals surface area contributed by atoms with Crippen LogP contribution >= 0.6 is 0 Å². The Morgan fingerprint density at radius 2 is 2.05 bits per heavy atom. The maximum absolute atomic E-state index is 12.9. The first kappa shape index (κ1) is 13.2. The molecule has 0 bridgehead atoms. The molecular weight excluding hydrogens is 269 g/mol. The zero-order valence-corrected chi connectivity index (χ0v) is 10.7. The van der Waals surface area contributed by atoms with Crippen LogP contribution < -0.4 is 10.6 Å². The standard InChI is InChI=1S/C13H15F3N4/c14-13(15,16)9-7-11(12-18-5-6-20(12)8-9)19-10-1-3-17-4-2-10/h5-8,10,17,19H,1-4H2. The molecule has 1 aliphatic rings. The lowest BCUT2D eigenvalue weighted by atomic mass is 10.1. The van der Waals surface area contributed by atoms with Gasteiger partial charge >= 0.3 is 6.18 Å². The number of hydrogen-bond donors (Lipinski definition) is 2. The summed E-state index contributed by atoms with van der Waals surface area (Å²) in [6, 6.07) is 1.32. The highest BCUT2D eigenvalue weighted by atomic mass is 19.4. The zero-order chi connectivity index (χ0) is 14.2. The van der Waals surface area contributed by atoms with Crippen molar-refractivity contribution in [3.05, 3.63) is 30.2 Å². The SMILES string of the molecule is FC(F)(F)c1cc(NC2CCNCC2)c2nccn2c1. The van der Waals surface area contributed by atoms with Crippen LogP contribution in [0, 0.1) is 0 Å². The molecule has 1 aliphatic heterocycles. The third-order valence-corrected chi connectivity index (χ3v) is 3.51. The maximum Gasteiger partial charge on any atom is 0.417 e. The molecule has 0 unspecified atom stereocenters. The number of halogens is 3. The Hall–Kier alpha value is -1.76. The minimum Gasteiger partial charge on any atom is -0.379 e. The van der Waals surface area contributed by atoms with E-state index in [-0.39, 0.29) is 6.04 Å². The molecule has 3 rings (SSSR count). The van der Waals surface area contributed by atoms with Crippen molar-refractivity contribution in [2.75, 3.05) is 18.4 Å². The molecular formula is C13H15F3N4. The van der Waals surface area contributed by atoms with Gasteiger partial charge in [-0.05, 0) is 32.0 Å². The minimum atomic E-state index is -4.36. The van der Waals surface area contributed by atoms with E-state index in [1.807, 2.05) is 0 Å². The molecule has 20 heavy (non-hydrogen) atoms. The highest BCUT2D eigenvalue weighted by molar-refractivity contribution is 5.69. The number of anilines is 1. The van der Waals surface area contributed by atoms with Crippen LogP contribution in [-0.4, -0.2) is 28.5 Å². The number of fused-ring (bicyclic) bond motifs is 1. The number of alkyl halides is 3. The van der Waals surface area contributed by atoms with E-state index < -0.39 is 11.7 Å². The van der Waals surface area contributed by atoms with Crippen molar-refractivity contribution in [3.63, 3.8) is 0 Å². The van der Waals surface area contributed by atoms with Gasteiger partial charge < -0.3 is 15.0 Å². The van der Waals surface area contributed by atoms with Crippen molar-refractivity contribution in [2.24, 2.45) is 0 Å². The summed E-state index contributed by atoms with van der Waals surface area (Å²) in [7, 11) is 0. The second-order valence-corrected chi connectivity index (χ2v) is 4.97. The van der Waals surface area contributed by atoms with Crippen LogP contribution in [0.1, 0.15) is 18.4 Å². The van der Waals surface area contributed by atoms with Crippen LogP contribution in [0.5, 0.6) is 0 Å². The first-order valence-corrected chi connectivity index (χ1v) is 6.55. The summed E-state index contributed by atoms with van der Waals surface area (Å²) in [5.41, 5.74) is 0.299. The predicted molar refractivity (Wildman–Crippen MR) is 69.7 cm³/mol. The van der Waals surface area contributed by atoms with Crippen LogP contribution in [0.4, 0.5) is 18.9 Å². The number of imidazole rings is 1. The average Bonchev–Trinajstić information content (AvgIpc) is 2.87. The van der Waals surface area contributed by atoms with Gasteiger partial charge in [0.1, 0.15) is 0 Å². The van der Waals surface area contributed by atoms with Crippen LogP contribution in [-0.2, 0) is 6.18 Å². The molecule has 7 heteroatoms. The lowest BCUT2D eigenvalue weighted by molar-refractivity contribution is -0.137. The van der Waals surface area contributed by atoms with Crippen molar-refractivity contribution in [1.29, 1.82) is 0 Å². The van der Waals surface area contributed by atoms with Gasteiger partial charge in [-0.2, -0.15) is 13.2 Å². The monoisotopic (exact) mass is 284 g/mol. The van der Waals surface area contributed by atoms with Gasteiger partial charge in [0.25, 0.3) is 0 Å². The third-order valence-electron chi connectivity index (χ3n) is 3.51. The topological polar surface area (TPSA) is 41.4 Å². The zero-order valence-electron chi connectivity index (χ0n) is 10.7. The molecule has 108 valence electrons. The van der Waals surface area contributed by atoms with Crippen molar-refractivity contribution < 1.29 is 13.2 Å². The van der Waals surface area contributed by atoms with Gasteiger partial charge in [0.05, 0.1) is 11.3 Å². The second-order valence-electron chi connectivity index (χ2n) is 4.97. The van der Waals surface area contributed by atoms with Crippen molar-refractivity contribution >= 4 is 11.3 Å². The Kier molecular flexibility index (Phi) is 3.29. The van der Waals surface area contributed by atoms with E-state index in [4.69, 9.17) is 0 Å². The van der Waals surface area contributed by atoms with E-state index in [0.717, 1.165) is 38.2 Å². The van der Waals surface area contributed by atoms with Gasteiger partial charge in [-0.1, -0.05) is 0 Å². The molecule has 0 spiro atoms. The molecule has 1 fully saturated rings. The van der Waals surface area contributed by atoms with Gasteiger partial charge in [-0.3, -0.25) is 0 Å². The first-order chi connectivity index (χ1) is 9.54. The van der Waals surface area contributed by atoms with Crippen LogP contribution in [0.15, 0.2) is 24.7 Å². The van der Waals surface area contributed by atoms with Gasteiger partial charge in [-0.25, -0.2) is 4.98 Å². The molecule has 2 aromatic heterocycles. The van der Waals surface area contributed by atoms with E-state index in [0.29, 0.717) is 11.3 Å². The normalized spacial score (nSPS) is 17.6. The quantitative estimate of drug-likeness (QED) is 0.890. The molecule has 2 N–H and O–H groups in total. The fourth-order valence-electron chi connectivity index (χ4n) is 2.48. The Morgan fingerprint density at radius 1 is 1.30 bits per heavy atom. The number of aromatic nitrogens is 2. The predicted octanol–water partition coefficient (Wildman–Crippen LogP) is 2.52. The van der Waals surface area contributed by atoms with Crippen LogP contribution in [0.2, 0.25) is 0 Å². The van der Waals surface area contributed by atoms with Gasteiger partial charge in [0.15, 0.2) is 5.65 Å². The summed E-state index contributed by atoms with van der Waals surface area (Å²) >= 11 is 0. The van der Waals surface area contributed by atoms with E-state index in [1.165, 1.54) is 16.8 Å². The molecule has 4 nitrogen and oxygen atoms in total. The molecule has 0 saturated carbocycles. The van der Waals surface area contributed by atoms with Crippen LogP contribution in [0.3, 0.4) is 0 Å². The summed E-state index contributed by atoms with van der Waals surface area (Å²) in [4.78, 5) is 4.12. The number of nitrogens with one attached hydrogen (secondary N) is 2. The molecule has 2 aromatic rings. The number of pyridine rings is 1. The molecule has 0 aromatic carbocycles. The summed E-state index contributed by atoms with van der Waals surface area (Å²) in [6.07, 6.45) is 1.52. The smallest absolute Gasteiger partial charge is 0.379 e. The van der Waals surface area contributed by atoms with Gasteiger partial charge in [-0.15, -0.1) is 0 Å². The van der Waals surface area contributed by atoms with E-state index in [1.54, 1.807) is 0 Å². The van der Waals surface area contributed by atoms with E-state index >= 15 is 0 Å². The summed E-state index contributed by atoms with van der Waals surface area (Å²) in [6.45, 7) is 1.75. The molecule has 3 heterocycles. The Labute approximate surface area is 114 Å². The number of nitrogens with zero attached hydrogens (tertiary/aromatic N) is 2. The van der Waals surface area contributed by atoms with Gasteiger partial charge in [0.2, 0.25) is 0 Å². The molecule has 1 saturated heterocycles. The third kappa shape index (κ3) is 2.58. The van der Waals surface area contributed by atoms with Crippen molar-refractivity contribution in [2.45, 2.75) is 25.1 Å². The van der Waals surface area contributed by atoms with Gasteiger partial charge in [0, 0.05) is 24.6 Å². The lowest BCUT2D eigenvalue weighted by Crippen LogP contribution is -2.35. The average molecular weight is 284 g/mol. The van der Waals surface area contributed by atoms with E-state index in [9.17, 15) is 13.2 Å². The minimum absolute atomic E-state index is 0.181. The number of piperidine rings is 1. The summed E-state index contributed by atoms with van der Waals surface area (Å²) in [5.74, 6) is 0. The molecule has 0 radical (unpaired) electrons. The Balaban J connectivity index is 1.97. The van der Waals surface area contributed by atoms with Crippen molar-refractivity contribution in [1.82, 2.24) is 14.7 Å². The highest BCUT2D eigenvalue weighted by Gasteiger charge is 2.32. The van der Waals surface area contributed by atoms with Crippen molar-refractivity contribution in [3.8, 4) is 0 Å². The molecule has 0 atom stereocenters. The lowest BCUT2D eigenvalue weighted by Gasteiger charge is -2.25. The molecule has 0 aliphatic carbocycles. The highest BCUT2D eigenvalue weighted by Crippen LogP contribution is 2.32. The second kappa shape index (κ2) is 4.97. The Morgan fingerprint density at radius 3 is 2.75 bits per heavy atom. The number of rotatable bonds is 2. The summed E-state index contributed by atoms with van der Waals surface area (Å²) in [5, 5.41) is 6.43.